The molecule has 0 radical (unpaired) electrons. The highest BCUT2D eigenvalue weighted by Gasteiger charge is 2.13. The highest BCUT2D eigenvalue weighted by atomic mass is 19.1. The summed E-state index contributed by atoms with van der Waals surface area (Å²) >= 11 is 0. The number of carbonyl (C=O) groups is 1. The summed E-state index contributed by atoms with van der Waals surface area (Å²) in [6, 6.07) is 5.67. The maximum absolute atomic E-state index is 13.2. The van der Waals surface area contributed by atoms with Crippen LogP contribution in [0.2, 0.25) is 0 Å². The Kier molecular flexibility index (Phi) is 4.81. The Morgan fingerprint density at radius 1 is 1.50 bits per heavy atom. The summed E-state index contributed by atoms with van der Waals surface area (Å²) in [5.74, 6) is -0.496. The van der Waals surface area contributed by atoms with Gasteiger partial charge in [0.05, 0.1) is 17.7 Å². The standard InChI is InChI=1S/C13H16FN3O/c1-9(13(18)17(2)3)16-8-11-4-10(7-15)5-12(14)6-11/h4-6,9,16H,8H2,1-3H3. The minimum atomic E-state index is -0.447. The van der Waals surface area contributed by atoms with Crippen LogP contribution in [0.4, 0.5) is 4.39 Å². The maximum atomic E-state index is 13.2. The van der Waals surface area contributed by atoms with E-state index in [0.717, 1.165) is 0 Å². The molecule has 0 fully saturated rings. The van der Waals surface area contributed by atoms with E-state index in [1.165, 1.54) is 17.0 Å². The highest BCUT2D eigenvalue weighted by Crippen LogP contribution is 2.08. The number of nitrogens with zero attached hydrogens (tertiary/aromatic N) is 2. The molecule has 0 spiro atoms. The van der Waals surface area contributed by atoms with Crippen LogP contribution in [0.15, 0.2) is 18.2 Å². The van der Waals surface area contributed by atoms with Crippen molar-refractivity contribution in [2.24, 2.45) is 0 Å². The molecule has 0 saturated carbocycles. The van der Waals surface area contributed by atoms with Gasteiger partial charge in [0.25, 0.3) is 0 Å². The van der Waals surface area contributed by atoms with E-state index in [1.54, 1.807) is 27.1 Å². The zero-order valence-electron chi connectivity index (χ0n) is 10.7. The van der Waals surface area contributed by atoms with E-state index in [2.05, 4.69) is 5.32 Å². The van der Waals surface area contributed by atoms with Crippen molar-refractivity contribution in [3.8, 4) is 6.07 Å². The fourth-order valence-corrected chi connectivity index (χ4v) is 1.56. The first-order valence-corrected chi connectivity index (χ1v) is 5.58. The van der Waals surface area contributed by atoms with Crippen LogP contribution in [-0.2, 0) is 11.3 Å². The van der Waals surface area contributed by atoms with Gasteiger partial charge in [-0.3, -0.25) is 4.79 Å². The number of benzene rings is 1. The Morgan fingerprint density at radius 3 is 2.72 bits per heavy atom. The third-order valence-corrected chi connectivity index (χ3v) is 2.51. The van der Waals surface area contributed by atoms with Gasteiger partial charge in [-0.15, -0.1) is 0 Å². The molecule has 0 aliphatic heterocycles. The summed E-state index contributed by atoms with van der Waals surface area (Å²) in [6.07, 6.45) is 0. The minimum Gasteiger partial charge on any atom is -0.347 e. The van der Waals surface area contributed by atoms with E-state index in [9.17, 15) is 9.18 Å². The molecule has 0 saturated heterocycles. The van der Waals surface area contributed by atoms with E-state index in [0.29, 0.717) is 12.1 Å². The smallest absolute Gasteiger partial charge is 0.238 e. The first-order valence-electron chi connectivity index (χ1n) is 5.58. The van der Waals surface area contributed by atoms with Crippen LogP contribution in [-0.4, -0.2) is 30.9 Å². The second-order valence-electron chi connectivity index (χ2n) is 4.30. The Balaban J connectivity index is 2.67. The molecule has 1 N–H and O–H groups in total. The summed E-state index contributed by atoms with van der Waals surface area (Å²) in [4.78, 5) is 13.1. The molecule has 5 heteroatoms. The van der Waals surface area contributed by atoms with Gasteiger partial charge in [-0.25, -0.2) is 4.39 Å². The van der Waals surface area contributed by atoms with Crippen molar-refractivity contribution in [2.45, 2.75) is 19.5 Å². The van der Waals surface area contributed by atoms with Crippen molar-refractivity contribution < 1.29 is 9.18 Å². The molecule has 96 valence electrons. The first-order chi connectivity index (χ1) is 8.43. The zero-order chi connectivity index (χ0) is 13.7. The molecule has 0 aliphatic rings. The lowest BCUT2D eigenvalue weighted by Crippen LogP contribution is -2.41. The van der Waals surface area contributed by atoms with Crippen molar-refractivity contribution in [3.63, 3.8) is 0 Å². The molecule has 4 nitrogen and oxygen atoms in total. The lowest BCUT2D eigenvalue weighted by atomic mass is 10.1. The normalized spacial score (nSPS) is 11.7. The summed E-state index contributed by atoms with van der Waals surface area (Å²) in [7, 11) is 3.35. The predicted molar refractivity (Wildman–Crippen MR) is 66.1 cm³/mol. The van der Waals surface area contributed by atoms with Crippen LogP contribution < -0.4 is 5.32 Å². The van der Waals surface area contributed by atoms with Crippen LogP contribution >= 0.6 is 0 Å². The summed E-state index contributed by atoms with van der Waals surface area (Å²) in [5.41, 5.74) is 0.920. The third-order valence-electron chi connectivity index (χ3n) is 2.51. The molecule has 1 unspecified atom stereocenters. The number of likely N-dealkylation sites (N-methyl/N-ethyl adjacent to an activating group) is 1. The predicted octanol–water partition coefficient (Wildman–Crippen LogP) is 1.26. The molecule has 1 amide bonds. The Bertz CT molecular complexity index is 480. The van der Waals surface area contributed by atoms with E-state index in [4.69, 9.17) is 5.26 Å². The summed E-state index contributed by atoms with van der Waals surface area (Å²) in [6.45, 7) is 2.08. The molecular formula is C13H16FN3O. The van der Waals surface area contributed by atoms with E-state index < -0.39 is 5.82 Å². The molecule has 0 aromatic heterocycles. The van der Waals surface area contributed by atoms with Gasteiger partial charge >= 0.3 is 0 Å². The molecule has 1 aromatic carbocycles. The van der Waals surface area contributed by atoms with Crippen LogP contribution in [0.3, 0.4) is 0 Å². The van der Waals surface area contributed by atoms with E-state index in [1.807, 2.05) is 6.07 Å². The van der Waals surface area contributed by atoms with Crippen molar-refractivity contribution >= 4 is 5.91 Å². The number of hydrogen-bond donors (Lipinski definition) is 1. The number of rotatable bonds is 4. The van der Waals surface area contributed by atoms with E-state index >= 15 is 0 Å². The van der Waals surface area contributed by atoms with Crippen LogP contribution in [0.1, 0.15) is 18.1 Å². The van der Waals surface area contributed by atoms with Crippen molar-refractivity contribution in [3.05, 3.63) is 35.1 Å². The molecule has 18 heavy (non-hydrogen) atoms. The molecule has 0 bridgehead atoms. The molecule has 1 aromatic rings. The molecule has 1 atom stereocenters. The molecular weight excluding hydrogens is 233 g/mol. The number of halogens is 1. The van der Waals surface area contributed by atoms with Gasteiger partial charge in [0.15, 0.2) is 0 Å². The van der Waals surface area contributed by atoms with Gasteiger partial charge < -0.3 is 10.2 Å². The first kappa shape index (κ1) is 14.1. The largest absolute Gasteiger partial charge is 0.347 e. The van der Waals surface area contributed by atoms with Crippen molar-refractivity contribution in [1.29, 1.82) is 5.26 Å². The second-order valence-corrected chi connectivity index (χ2v) is 4.30. The van der Waals surface area contributed by atoms with Gasteiger partial charge in [-0.2, -0.15) is 5.26 Å². The Morgan fingerprint density at radius 2 is 2.17 bits per heavy atom. The minimum absolute atomic E-state index is 0.0492. The number of amides is 1. The third kappa shape index (κ3) is 3.82. The number of nitrogens with one attached hydrogen (secondary N) is 1. The fraction of sp³-hybridized carbons (Fsp3) is 0.385. The van der Waals surface area contributed by atoms with Crippen LogP contribution in [0, 0.1) is 17.1 Å². The monoisotopic (exact) mass is 249 g/mol. The van der Waals surface area contributed by atoms with Gasteiger partial charge in [0.2, 0.25) is 5.91 Å². The topological polar surface area (TPSA) is 56.1 Å². The Hall–Kier alpha value is -1.93. The summed E-state index contributed by atoms with van der Waals surface area (Å²) < 4.78 is 13.2. The lowest BCUT2D eigenvalue weighted by molar-refractivity contribution is -0.130. The van der Waals surface area contributed by atoms with Crippen LogP contribution in [0.5, 0.6) is 0 Å². The molecule has 1 rings (SSSR count). The van der Waals surface area contributed by atoms with Gasteiger partial charge in [0.1, 0.15) is 5.82 Å². The highest BCUT2D eigenvalue weighted by molar-refractivity contribution is 5.80. The summed E-state index contributed by atoms with van der Waals surface area (Å²) in [5, 5.41) is 11.7. The lowest BCUT2D eigenvalue weighted by Gasteiger charge is -2.18. The number of hydrogen-bond acceptors (Lipinski definition) is 3. The molecule has 0 aliphatic carbocycles. The van der Waals surface area contributed by atoms with Gasteiger partial charge in [-0.1, -0.05) is 0 Å². The van der Waals surface area contributed by atoms with Crippen LogP contribution in [0.25, 0.3) is 0 Å². The van der Waals surface area contributed by atoms with Gasteiger partial charge in [0, 0.05) is 20.6 Å². The number of nitriles is 1. The average molecular weight is 249 g/mol. The fourth-order valence-electron chi connectivity index (χ4n) is 1.56. The van der Waals surface area contributed by atoms with Gasteiger partial charge in [-0.05, 0) is 30.7 Å². The number of carbonyl (C=O) groups excluding carboxylic acids is 1. The van der Waals surface area contributed by atoms with E-state index in [-0.39, 0.29) is 17.5 Å². The van der Waals surface area contributed by atoms with Crippen molar-refractivity contribution in [1.82, 2.24) is 10.2 Å². The average Bonchev–Trinajstić information content (AvgIpc) is 2.34. The molecule has 0 heterocycles. The maximum Gasteiger partial charge on any atom is 0.238 e. The second kappa shape index (κ2) is 6.12. The Labute approximate surface area is 106 Å². The quantitative estimate of drug-likeness (QED) is 0.874. The zero-order valence-corrected chi connectivity index (χ0v) is 10.7. The van der Waals surface area contributed by atoms with Crippen molar-refractivity contribution in [2.75, 3.05) is 14.1 Å². The SMILES string of the molecule is CC(NCc1cc(F)cc(C#N)c1)C(=O)N(C)C.